The fourth-order valence-corrected chi connectivity index (χ4v) is 2.60. The van der Waals surface area contributed by atoms with Gasteiger partial charge in [0.2, 0.25) is 10.0 Å². The summed E-state index contributed by atoms with van der Waals surface area (Å²) in [5.74, 6) is -1.72. The van der Waals surface area contributed by atoms with Crippen molar-refractivity contribution in [3.05, 3.63) is 28.3 Å². The molecule has 21 heavy (non-hydrogen) atoms. The Morgan fingerprint density at radius 1 is 1.52 bits per heavy atom. The summed E-state index contributed by atoms with van der Waals surface area (Å²) in [5.41, 5.74) is -0.587. The molecule has 1 aromatic rings. The minimum absolute atomic E-state index is 0.143. The van der Waals surface area contributed by atoms with E-state index in [1.807, 2.05) is 0 Å². The van der Waals surface area contributed by atoms with Crippen LogP contribution >= 0.6 is 0 Å². The Labute approximate surface area is 119 Å². The molecule has 0 bridgehead atoms. The van der Waals surface area contributed by atoms with Crippen LogP contribution in [0.25, 0.3) is 0 Å². The van der Waals surface area contributed by atoms with Crippen molar-refractivity contribution >= 4 is 21.7 Å². The van der Waals surface area contributed by atoms with E-state index in [1.165, 1.54) is 7.11 Å². The lowest BCUT2D eigenvalue weighted by molar-refractivity contribution is -0.386. The van der Waals surface area contributed by atoms with Crippen LogP contribution in [0.1, 0.15) is 0 Å². The van der Waals surface area contributed by atoms with Gasteiger partial charge < -0.3 is 14.9 Å². The number of nitrogens with one attached hydrogen (secondary N) is 1. The number of rotatable bonds is 7. The van der Waals surface area contributed by atoms with Crippen LogP contribution in [-0.2, 0) is 14.8 Å². The molecular weight excluding hydrogens is 308 g/mol. The second kappa shape index (κ2) is 6.47. The number of hydrogen-bond acceptors (Lipinski definition) is 7. The summed E-state index contributed by atoms with van der Waals surface area (Å²) >= 11 is 0. The largest absolute Gasteiger partial charge is 0.490 e. The zero-order valence-corrected chi connectivity index (χ0v) is 11.5. The number of methoxy groups -OCH3 is 1. The third kappa shape index (κ3) is 3.87. The third-order valence-corrected chi connectivity index (χ3v) is 3.90. The number of carboxylic acid groups (broad SMARTS) is 1. The van der Waals surface area contributed by atoms with Gasteiger partial charge in [-0.05, 0) is 12.1 Å². The molecule has 0 aliphatic heterocycles. The van der Waals surface area contributed by atoms with Gasteiger partial charge in [0.25, 0.3) is 0 Å². The normalized spacial score (nSPS) is 12.7. The molecule has 0 aliphatic carbocycles. The summed E-state index contributed by atoms with van der Waals surface area (Å²) in [6, 6.07) is 1.07. The number of nitrogens with zero attached hydrogens (tertiary/aromatic N) is 1. The van der Waals surface area contributed by atoms with Gasteiger partial charge >= 0.3 is 11.7 Å². The lowest BCUT2D eigenvalue weighted by atomic mass is 10.3. The van der Waals surface area contributed by atoms with Crippen LogP contribution < -0.4 is 9.46 Å². The lowest BCUT2D eigenvalue weighted by Crippen LogP contribution is -2.43. The van der Waals surface area contributed by atoms with E-state index in [4.69, 9.17) is 14.9 Å². The molecule has 0 aliphatic rings. The van der Waals surface area contributed by atoms with E-state index < -0.39 is 44.1 Å². The Morgan fingerprint density at radius 3 is 2.57 bits per heavy atom. The molecule has 3 N–H and O–H groups in total. The third-order valence-electron chi connectivity index (χ3n) is 2.44. The van der Waals surface area contributed by atoms with Gasteiger partial charge in [0, 0.05) is 6.07 Å². The van der Waals surface area contributed by atoms with Crippen molar-refractivity contribution in [3.63, 3.8) is 0 Å². The van der Waals surface area contributed by atoms with Crippen LogP contribution in [0.5, 0.6) is 5.75 Å². The molecule has 1 rings (SSSR count). The highest BCUT2D eigenvalue weighted by Gasteiger charge is 2.27. The Balaban J connectivity index is 3.23. The van der Waals surface area contributed by atoms with Gasteiger partial charge in [-0.15, -0.1) is 0 Å². The van der Waals surface area contributed by atoms with Gasteiger partial charge in [0.15, 0.2) is 5.75 Å². The van der Waals surface area contributed by atoms with Crippen molar-refractivity contribution in [2.24, 2.45) is 0 Å². The molecule has 0 saturated carbocycles. The number of aliphatic hydroxyl groups excluding tert-OH is 1. The van der Waals surface area contributed by atoms with Crippen LogP contribution in [0.4, 0.5) is 5.69 Å². The summed E-state index contributed by atoms with van der Waals surface area (Å²) in [6.07, 6.45) is 0. The molecule has 1 atom stereocenters. The number of nitro benzene ring substituents is 1. The first kappa shape index (κ1) is 16.8. The smallest absolute Gasteiger partial charge is 0.324 e. The maximum absolute atomic E-state index is 11.9. The first-order valence-electron chi connectivity index (χ1n) is 5.41. The molecule has 0 saturated heterocycles. The monoisotopic (exact) mass is 320 g/mol. The van der Waals surface area contributed by atoms with Crippen LogP contribution in [0.3, 0.4) is 0 Å². The SMILES string of the molecule is COc1ccc(S(=O)(=O)NC(CO)C(=O)O)cc1[N+](=O)[O-]. The predicted molar refractivity (Wildman–Crippen MR) is 68.5 cm³/mol. The summed E-state index contributed by atoms with van der Waals surface area (Å²) < 4.78 is 30.3. The van der Waals surface area contributed by atoms with Crippen molar-refractivity contribution in [1.29, 1.82) is 0 Å². The maximum atomic E-state index is 11.9. The average molecular weight is 320 g/mol. The molecule has 0 aromatic heterocycles. The van der Waals surface area contributed by atoms with E-state index in [-0.39, 0.29) is 5.75 Å². The van der Waals surface area contributed by atoms with Crippen LogP contribution in [-0.4, -0.2) is 49.3 Å². The molecule has 11 heteroatoms. The van der Waals surface area contributed by atoms with Crippen molar-refractivity contribution in [2.75, 3.05) is 13.7 Å². The molecule has 0 amide bonds. The Kier molecular flexibility index (Phi) is 5.18. The molecule has 0 radical (unpaired) electrons. The number of benzene rings is 1. The van der Waals surface area contributed by atoms with Crippen molar-refractivity contribution < 1.29 is 33.1 Å². The fourth-order valence-electron chi connectivity index (χ4n) is 1.40. The zero-order valence-electron chi connectivity index (χ0n) is 10.7. The van der Waals surface area contributed by atoms with E-state index >= 15 is 0 Å². The second-order valence-electron chi connectivity index (χ2n) is 3.79. The maximum Gasteiger partial charge on any atom is 0.324 e. The predicted octanol–water partition coefficient (Wildman–Crippen LogP) is -0.673. The van der Waals surface area contributed by atoms with E-state index in [2.05, 4.69) is 0 Å². The van der Waals surface area contributed by atoms with Crippen molar-refractivity contribution in [2.45, 2.75) is 10.9 Å². The summed E-state index contributed by atoms with van der Waals surface area (Å²) in [7, 11) is -3.17. The fraction of sp³-hybridized carbons (Fsp3) is 0.300. The quantitative estimate of drug-likeness (QED) is 0.441. The van der Waals surface area contributed by atoms with Gasteiger partial charge in [0.1, 0.15) is 6.04 Å². The second-order valence-corrected chi connectivity index (χ2v) is 5.50. The summed E-state index contributed by atoms with van der Waals surface area (Å²) in [6.45, 7) is -0.965. The number of nitro groups is 1. The number of ether oxygens (including phenoxy) is 1. The Bertz CT molecular complexity index is 657. The van der Waals surface area contributed by atoms with E-state index in [1.54, 1.807) is 4.72 Å². The Morgan fingerprint density at radius 2 is 2.14 bits per heavy atom. The number of carbonyl (C=O) groups is 1. The summed E-state index contributed by atoms with van der Waals surface area (Å²) in [4.78, 5) is 20.2. The number of aliphatic hydroxyl groups is 1. The molecule has 10 nitrogen and oxygen atoms in total. The van der Waals surface area contributed by atoms with E-state index in [9.17, 15) is 23.3 Å². The summed E-state index contributed by atoms with van der Waals surface area (Å²) in [5, 5.41) is 28.3. The Hall–Kier alpha value is -2.24. The van der Waals surface area contributed by atoms with Crippen molar-refractivity contribution in [1.82, 2.24) is 4.72 Å². The van der Waals surface area contributed by atoms with Gasteiger partial charge in [0.05, 0.1) is 23.5 Å². The molecule has 0 spiro atoms. The van der Waals surface area contributed by atoms with Crippen LogP contribution in [0.2, 0.25) is 0 Å². The highest BCUT2D eigenvalue weighted by Crippen LogP contribution is 2.29. The van der Waals surface area contributed by atoms with Gasteiger partial charge in [-0.25, -0.2) is 8.42 Å². The highest BCUT2D eigenvalue weighted by atomic mass is 32.2. The number of hydrogen-bond donors (Lipinski definition) is 3. The number of carboxylic acids is 1. The molecular formula is C10H12N2O8S. The number of sulfonamides is 1. The first-order chi connectivity index (χ1) is 9.72. The van der Waals surface area contributed by atoms with Gasteiger partial charge in [-0.3, -0.25) is 14.9 Å². The molecule has 1 unspecified atom stereocenters. The lowest BCUT2D eigenvalue weighted by Gasteiger charge is -2.12. The molecule has 116 valence electrons. The van der Waals surface area contributed by atoms with E-state index in [0.717, 1.165) is 18.2 Å². The van der Waals surface area contributed by atoms with E-state index in [0.29, 0.717) is 0 Å². The minimum Gasteiger partial charge on any atom is -0.490 e. The standard InChI is InChI=1S/C10H12N2O8S/c1-20-9-3-2-6(4-8(9)12(16)17)21(18,19)11-7(5-13)10(14)15/h2-4,7,11,13H,5H2,1H3,(H,14,15). The van der Waals surface area contributed by atoms with Gasteiger partial charge in [-0.1, -0.05) is 0 Å². The van der Waals surface area contributed by atoms with Gasteiger partial charge in [-0.2, -0.15) is 4.72 Å². The van der Waals surface area contributed by atoms with Crippen molar-refractivity contribution in [3.8, 4) is 5.75 Å². The zero-order chi connectivity index (χ0) is 16.2. The number of aliphatic carboxylic acids is 1. The average Bonchev–Trinajstić information content (AvgIpc) is 2.43. The molecule has 0 fully saturated rings. The topological polar surface area (TPSA) is 156 Å². The minimum atomic E-state index is -4.35. The highest BCUT2D eigenvalue weighted by molar-refractivity contribution is 7.89. The first-order valence-corrected chi connectivity index (χ1v) is 6.89. The molecule has 0 heterocycles. The van der Waals surface area contributed by atoms with Crippen LogP contribution in [0.15, 0.2) is 23.1 Å². The van der Waals surface area contributed by atoms with Crippen LogP contribution in [0, 0.1) is 10.1 Å². The molecule has 1 aromatic carbocycles.